The third-order valence-electron chi connectivity index (χ3n) is 2.43. The van der Waals surface area contributed by atoms with Crippen LogP contribution in [0.3, 0.4) is 0 Å². The van der Waals surface area contributed by atoms with Gasteiger partial charge in [-0.1, -0.05) is 80.7 Å². The van der Waals surface area contributed by atoms with Crippen LogP contribution in [0.25, 0.3) is 0 Å². The van der Waals surface area contributed by atoms with Gasteiger partial charge in [-0.2, -0.15) is 6.42 Å². The summed E-state index contributed by atoms with van der Waals surface area (Å²) in [7, 11) is 1.80. The fourth-order valence-electron chi connectivity index (χ4n) is 1.57. The average molecular weight is 353 g/mol. The second-order valence-corrected chi connectivity index (χ2v) is 6.50. The van der Waals surface area contributed by atoms with E-state index >= 15 is 0 Å². The molecule has 19 heavy (non-hydrogen) atoms. The molecular weight excluding hydrogens is 336 g/mol. The number of halogens is 1. The Balaban J connectivity index is 0.00000162. The number of hydrogen-bond donors (Lipinski definition) is 0. The molecule has 2 unspecified atom stereocenters. The predicted octanol–water partition coefficient (Wildman–Crippen LogP) is 0.548. The molecule has 2 atom stereocenters. The maximum absolute atomic E-state index is 2.42. The van der Waals surface area contributed by atoms with Crippen LogP contribution in [-0.2, 0) is 16.5 Å². The first-order valence-electron chi connectivity index (χ1n) is 5.87. The van der Waals surface area contributed by atoms with Crippen LogP contribution < -0.4 is 23.0 Å². The van der Waals surface area contributed by atoms with Gasteiger partial charge in [-0.05, 0) is 5.30 Å². The minimum Gasteiger partial charge on any atom is -1.00 e. The Morgan fingerprint density at radius 1 is 0.789 bits per heavy atom. The number of rotatable bonds is 6. The van der Waals surface area contributed by atoms with E-state index in [9.17, 15) is 0 Å². The SMILES string of the molecule is [Cl-].[Ni+2].c1ccc(P[CH-]CCPc2ccccc2)cc1. The molecule has 0 aromatic heterocycles. The summed E-state index contributed by atoms with van der Waals surface area (Å²) in [6.07, 6.45) is 4.93. The maximum Gasteiger partial charge on any atom is 2.00 e. The van der Waals surface area contributed by atoms with Crippen molar-refractivity contribution in [1.29, 1.82) is 0 Å². The molecule has 0 aliphatic carbocycles. The molecule has 0 N–H and O–H groups in total. The van der Waals surface area contributed by atoms with E-state index < -0.39 is 0 Å². The van der Waals surface area contributed by atoms with Gasteiger partial charge in [0.15, 0.2) is 0 Å². The maximum atomic E-state index is 2.42. The van der Waals surface area contributed by atoms with Crippen LogP contribution in [0.15, 0.2) is 60.7 Å². The molecule has 0 radical (unpaired) electrons. The van der Waals surface area contributed by atoms with E-state index in [1.807, 2.05) is 0 Å². The standard InChI is InChI=1S/C15H17P2.ClH.Ni/c1-3-8-14(9-4-1)16-12-7-13-17-15-10-5-2-6-11-15;;/h1-6,8-12,16-17H,7,13H2;1H;/q-1;;+2/p-1. The van der Waals surface area contributed by atoms with Gasteiger partial charge in [-0.3, -0.25) is 8.58 Å². The van der Waals surface area contributed by atoms with Crippen molar-refractivity contribution in [3.8, 4) is 0 Å². The van der Waals surface area contributed by atoms with Crippen LogP contribution in [-0.4, -0.2) is 6.16 Å². The van der Waals surface area contributed by atoms with Crippen LogP contribution >= 0.6 is 17.2 Å². The first kappa shape index (κ1) is 19.1. The van der Waals surface area contributed by atoms with Crippen molar-refractivity contribution in [2.75, 3.05) is 6.16 Å². The van der Waals surface area contributed by atoms with Gasteiger partial charge < -0.3 is 18.6 Å². The van der Waals surface area contributed by atoms with Crippen molar-refractivity contribution in [2.24, 2.45) is 0 Å². The van der Waals surface area contributed by atoms with E-state index in [0.29, 0.717) is 0 Å². The van der Waals surface area contributed by atoms with Gasteiger partial charge >= 0.3 is 16.5 Å². The second-order valence-electron chi connectivity index (χ2n) is 3.80. The van der Waals surface area contributed by atoms with Crippen LogP contribution in [0.2, 0.25) is 0 Å². The predicted molar refractivity (Wildman–Crippen MR) is 82.6 cm³/mol. The van der Waals surface area contributed by atoms with Crippen molar-refractivity contribution in [2.45, 2.75) is 6.42 Å². The smallest absolute Gasteiger partial charge is 1.00 e. The minimum absolute atomic E-state index is 0. The van der Waals surface area contributed by atoms with Crippen LogP contribution in [0, 0.1) is 6.16 Å². The normalized spacial score (nSPS) is 10.5. The van der Waals surface area contributed by atoms with Gasteiger partial charge in [0, 0.05) is 0 Å². The molecule has 0 nitrogen and oxygen atoms in total. The Hall–Kier alpha value is 0.0835. The Morgan fingerprint density at radius 3 is 1.89 bits per heavy atom. The Morgan fingerprint density at radius 2 is 1.32 bits per heavy atom. The van der Waals surface area contributed by atoms with E-state index in [-0.39, 0.29) is 28.9 Å². The summed E-state index contributed by atoms with van der Waals surface area (Å²) < 4.78 is 0. The number of benzene rings is 2. The Bertz CT molecular complexity index is 381. The average Bonchev–Trinajstić information content (AvgIpc) is 2.41. The Labute approximate surface area is 136 Å². The van der Waals surface area contributed by atoms with E-state index in [1.165, 1.54) is 23.2 Å². The summed E-state index contributed by atoms with van der Waals surface area (Å²) >= 11 is 0. The molecule has 0 aliphatic heterocycles. The molecule has 0 amide bonds. The van der Waals surface area contributed by atoms with Gasteiger partial charge in [0.1, 0.15) is 0 Å². The van der Waals surface area contributed by atoms with Gasteiger partial charge in [0.2, 0.25) is 0 Å². The van der Waals surface area contributed by atoms with E-state index in [2.05, 4.69) is 66.8 Å². The van der Waals surface area contributed by atoms with Crippen molar-refractivity contribution in [3.63, 3.8) is 0 Å². The summed E-state index contributed by atoms with van der Waals surface area (Å²) in [5.41, 5.74) is 0. The van der Waals surface area contributed by atoms with E-state index in [4.69, 9.17) is 0 Å². The zero-order valence-electron chi connectivity index (χ0n) is 10.5. The van der Waals surface area contributed by atoms with E-state index in [1.54, 1.807) is 0 Å². The molecule has 4 heteroatoms. The zero-order valence-corrected chi connectivity index (χ0v) is 14.2. The molecule has 0 heterocycles. The first-order chi connectivity index (χ1) is 8.45. The Kier molecular flexibility index (Phi) is 11.9. The van der Waals surface area contributed by atoms with Crippen molar-refractivity contribution in [3.05, 3.63) is 66.8 Å². The molecule has 0 fully saturated rings. The molecule has 0 bridgehead atoms. The summed E-state index contributed by atoms with van der Waals surface area (Å²) in [6.45, 7) is 0. The second kappa shape index (κ2) is 11.9. The monoisotopic (exact) mass is 352 g/mol. The molecule has 2 aromatic carbocycles. The quantitative estimate of drug-likeness (QED) is 0.308. The van der Waals surface area contributed by atoms with Gasteiger partial charge in [0.25, 0.3) is 0 Å². The third kappa shape index (κ3) is 8.07. The van der Waals surface area contributed by atoms with Crippen molar-refractivity contribution in [1.82, 2.24) is 0 Å². The molecule has 2 aromatic rings. The molecule has 0 saturated heterocycles. The number of hydrogen-bond acceptors (Lipinski definition) is 0. The van der Waals surface area contributed by atoms with Crippen LogP contribution in [0.1, 0.15) is 6.42 Å². The van der Waals surface area contributed by atoms with Gasteiger partial charge in [0.05, 0.1) is 0 Å². The van der Waals surface area contributed by atoms with Gasteiger partial charge in [-0.25, -0.2) is 0 Å². The molecule has 0 saturated carbocycles. The topological polar surface area (TPSA) is 0 Å². The summed E-state index contributed by atoms with van der Waals surface area (Å²) in [5, 5.41) is 2.92. The third-order valence-corrected chi connectivity index (χ3v) is 4.87. The van der Waals surface area contributed by atoms with E-state index in [0.717, 1.165) is 17.2 Å². The molecule has 0 aliphatic rings. The van der Waals surface area contributed by atoms with Crippen LogP contribution in [0.5, 0.6) is 0 Å². The molecule has 0 spiro atoms. The first-order valence-corrected chi connectivity index (χ1v) is 8.16. The summed E-state index contributed by atoms with van der Waals surface area (Å²) in [4.78, 5) is 0. The molecule has 2 rings (SSSR count). The summed E-state index contributed by atoms with van der Waals surface area (Å²) in [6, 6.07) is 21.5. The molecule has 104 valence electrons. The fraction of sp³-hybridized carbons (Fsp3) is 0.133. The largest absolute Gasteiger partial charge is 2.00 e. The molecular formula is C15H17ClNiP2. The van der Waals surface area contributed by atoms with Crippen molar-refractivity contribution < 1.29 is 28.9 Å². The van der Waals surface area contributed by atoms with Crippen LogP contribution in [0.4, 0.5) is 0 Å². The fourth-order valence-corrected chi connectivity index (χ4v) is 3.77. The van der Waals surface area contributed by atoms with Gasteiger partial charge in [-0.15, -0.1) is 0 Å². The minimum atomic E-state index is 0. The van der Waals surface area contributed by atoms with Crippen molar-refractivity contribution >= 4 is 27.8 Å². The summed E-state index contributed by atoms with van der Waals surface area (Å²) in [5.74, 6) is 0. The zero-order chi connectivity index (χ0) is 11.8.